The van der Waals surface area contributed by atoms with Crippen molar-refractivity contribution in [1.29, 1.82) is 0 Å². The van der Waals surface area contributed by atoms with Gasteiger partial charge in [-0.3, -0.25) is 23.7 Å². The van der Waals surface area contributed by atoms with Crippen molar-refractivity contribution in [3.63, 3.8) is 0 Å². The lowest BCUT2D eigenvalue weighted by molar-refractivity contribution is -0.144. The molecule has 0 spiro atoms. The molecule has 4 atom stereocenters. The number of aromatic nitrogens is 4. The van der Waals surface area contributed by atoms with Crippen molar-refractivity contribution in [1.82, 2.24) is 24.6 Å². The second-order valence-electron chi connectivity index (χ2n) is 7.60. The predicted octanol–water partition coefficient (Wildman–Crippen LogP) is 1.48. The van der Waals surface area contributed by atoms with Crippen molar-refractivity contribution < 1.29 is 32.6 Å². The van der Waals surface area contributed by atoms with Gasteiger partial charge in [-0.05, 0) is 19.1 Å². The number of ether oxygens (including phenoxy) is 3. The summed E-state index contributed by atoms with van der Waals surface area (Å²) in [7, 11) is -4.10. The summed E-state index contributed by atoms with van der Waals surface area (Å²) in [6.45, 7) is 4.69. The zero-order valence-corrected chi connectivity index (χ0v) is 20.1. The van der Waals surface area contributed by atoms with Crippen molar-refractivity contribution in [3.8, 4) is 5.75 Å². The molecule has 4 N–H and O–H groups in total. The van der Waals surface area contributed by atoms with Crippen molar-refractivity contribution >= 4 is 30.8 Å². The number of carbonyl (C=O) groups is 1. The Morgan fingerprint density at radius 2 is 2.22 bits per heavy atom. The molecule has 0 aliphatic carbocycles. The fraction of sp³-hybridized carbons (Fsp3) is 0.333. The monoisotopic (exact) mass is 520 g/mol. The number of nitrogens with one attached hydrogen (secondary N) is 2. The summed E-state index contributed by atoms with van der Waals surface area (Å²) in [6.07, 6.45) is 1.14. The Bertz CT molecular complexity index is 1330. The molecule has 3 heterocycles. The SMILES string of the molecule is C=CCOC(=O)[C@H](C)N[P@](=O)(OC[C@@H]1OC[C@H](n2cnc3c(=O)[nH]c(N)nc32)O1)Oc1ccccc1. The number of carbonyl (C=O) groups excluding carboxylic acids is 1. The van der Waals surface area contributed by atoms with Gasteiger partial charge in [-0.1, -0.05) is 30.9 Å². The summed E-state index contributed by atoms with van der Waals surface area (Å²) in [5.74, 6) is -0.485. The topological polar surface area (TPSA) is 182 Å². The zero-order chi connectivity index (χ0) is 25.7. The van der Waals surface area contributed by atoms with Gasteiger partial charge in [0.15, 0.2) is 23.7 Å². The number of nitrogens with zero attached hydrogens (tertiary/aromatic N) is 3. The number of benzene rings is 1. The number of para-hydroxylation sites is 1. The number of nitrogen functional groups attached to an aromatic ring is 1. The fourth-order valence-corrected chi connectivity index (χ4v) is 4.73. The van der Waals surface area contributed by atoms with Gasteiger partial charge < -0.3 is 24.5 Å². The molecule has 1 saturated heterocycles. The highest BCUT2D eigenvalue weighted by Gasteiger charge is 2.36. The first kappa shape index (κ1) is 25.5. The van der Waals surface area contributed by atoms with Gasteiger partial charge >= 0.3 is 13.7 Å². The van der Waals surface area contributed by atoms with E-state index in [1.165, 1.54) is 23.9 Å². The van der Waals surface area contributed by atoms with Crippen LogP contribution in [-0.4, -0.2) is 57.6 Å². The smallest absolute Gasteiger partial charge is 0.459 e. The zero-order valence-electron chi connectivity index (χ0n) is 19.2. The number of aromatic amines is 1. The van der Waals surface area contributed by atoms with Crippen LogP contribution < -0.4 is 20.9 Å². The number of nitrogens with two attached hydrogens (primary N) is 1. The van der Waals surface area contributed by atoms with Crippen LogP contribution in [-0.2, 0) is 28.1 Å². The Balaban J connectivity index is 1.44. The molecular weight excluding hydrogens is 495 g/mol. The van der Waals surface area contributed by atoms with Gasteiger partial charge in [0.2, 0.25) is 5.95 Å². The van der Waals surface area contributed by atoms with E-state index in [1.807, 2.05) is 0 Å². The normalized spacial score (nSPS) is 20.0. The Hall–Kier alpha value is -3.55. The molecule has 1 aliphatic heterocycles. The first-order chi connectivity index (χ1) is 17.3. The van der Waals surface area contributed by atoms with Crippen molar-refractivity contribution in [2.45, 2.75) is 25.5 Å². The van der Waals surface area contributed by atoms with Crippen LogP contribution in [0.3, 0.4) is 0 Å². The number of anilines is 1. The summed E-state index contributed by atoms with van der Waals surface area (Å²) >= 11 is 0. The lowest BCUT2D eigenvalue weighted by atomic mass is 10.3. The maximum atomic E-state index is 13.5. The summed E-state index contributed by atoms with van der Waals surface area (Å²) in [6, 6.07) is 7.29. The van der Waals surface area contributed by atoms with Crippen molar-refractivity contribution in [2.24, 2.45) is 0 Å². The highest BCUT2D eigenvalue weighted by molar-refractivity contribution is 7.52. The summed E-state index contributed by atoms with van der Waals surface area (Å²) < 4.78 is 42.6. The molecule has 1 fully saturated rings. The maximum absolute atomic E-state index is 13.5. The lowest BCUT2D eigenvalue weighted by Crippen LogP contribution is -2.35. The minimum absolute atomic E-state index is 0.00396. The Kier molecular flexibility index (Phi) is 7.82. The molecule has 0 radical (unpaired) electrons. The number of hydrogen-bond donors (Lipinski definition) is 3. The highest BCUT2D eigenvalue weighted by atomic mass is 31.2. The van der Waals surface area contributed by atoms with Crippen LogP contribution in [0.25, 0.3) is 11.2 Å². The fourth-order valence-electron chi connectivity index (χ4n) is 3.26. The predicted molar refractivity (Wildman–Crippen MR) is 127 cm³/mol. The van der Waals surface area contributed by atoms with Gasteiger partial charge in [-0.15, -0.1) is 0 Å². The van der Waals surface area contributed by atoms with Gasteiger partial charge in [0.1, 0.15) is 25.0 Å². The van der Waals surface area contributed by atoms with Gasteiger partial charge in [0.05, 0.1) is 12.9 Å². The molecule has 0 unspecified atom stereocenters. The number of H-pyrrole nitrogens is 1. The number of esters is 1. The molecule has 192 valence electrons. The Morgan fingerprint density at radius 1 is 1.44 bits per heavy atom. The standard InChI is InChI=1S/C21H25N6O8P/c1-3-9-31-20(29)13(2)26-36(30,35-14-7-5-4-6-8-14)33-11-16-32-10-15(34-16)27-12-23-17-18(27)24-21(22)25-19(17)28/h3-8,12-13,15-16H,1,9-11H2,2H3,(H,26,30)(H3,22,24,25,28)/t13-,15+,16+,36-/m0/s1. The molecule has 0 saturated carbocycles. The second kappa shape index (κ2) is 11.0. The average Bonchev–Trinajstić information content (AvgIpc) is 3.49. The quantitative estimate of drug-likeness (QED) is 0.188. The van der Waals surface area contributed by atoms with Crippen LogP contribution in [0.5, 0.6) is 5.75 Å². The summed E-state index contributed by atoms with van der Waals surface area (Å²) in [5.41, 5.74) is 5.46. The molecule has 15 heteroatoms. The summed E-state index contributed by atoms with van der Waals surface area (Å²) in [5, 5.41) is 2.56. The molecule has 0 amide bonds. The first-order valence-corrected chi connectivity index (χ1v) is 12.4. The Labute approximate surface area is 205 Å². The number of imidazole rings is 1. The molecule has 1 aliphatic rings. The van der Waals surface area contributed by atoms with Crippen LogP contribution in [0, 0.1) is 0 Å². The third-order valence-corrected chi connectivity index (χ3v) is 6.54. The molecule has 4 rings (SSSR count). The highest BCUT2D eigenvalue weighted by Crippen LogP contribution is 2.45. The minimum Gasteiger partial charge on any atom is -0.460 e. The van der Waals surface area contributed by atoms with E-state index in [0.717, 1.165) is 0 Å². The summed E-state index contributed by atoms with van der Waals surface area (Å²) in [4.78, 5) is 34.7. The minimum atomic E-state index is -4.10. The van der Waals surface area contributed by atoms with Gasteiger partial charge in [0, 0.05) is 0 Å². The Morgan fingerprint density at radius 3 is 2.97 bits per heavy atom. The van der Waals surface area contributed by atoms with E-state index in [4.69, 9.17) is 29.0 Å². The molecule has 3 aromatic rings. The molecule has 36 heavy (non-hydrogen) atoms. The first-order valence-electron chi connectivity index (χ1n) is 10.8. The van der Waals surface area contributed by atoms with Crippen LogP contribution >= 0.6 is 7.75 Å². The number of hydrogen-bond acceptors (Lipinski definition) is 11. The molecule has 2 aromatic heterocycles. The van der Waals surface area contributed by atoms with Crippen LogP contribution in [0.1, 0.15) is 13.2 Å². The number of fused-ring (bicyclic) bond motifs is 1. The van der Waals surface area contributed by atoms with Crippen LogP contribution in [0.15, 0.2) is 54.1 Å². The largest absolute Gasteiger partial charge is 0.460 e. The molecule has 1 aromatic carbocycles. The molecule has 14 nitrogen and oxygen atoms in total. The average molecular weight is 520 g/mol. The van der Waals surface area contributed by atoms with E-state index in [2.05, 4.69) is 26.6 Å². The van der Waals surface area contributed by atoms with Crippen LogP contribution in [0.4, 0.5) is 5.95 Å². The maximum Gasteiger partial charge on any atom is 0.459 e. The van der Waals surface area contributed by atoms with Crippen molar-refractivity contribution in [3.05, 3.63) is 59.7 Å². The van der Waals surface area contributed by atoms with Crippen LogP contribution in [0.2, 0.25) is 0 Å². The molecule has 0 bridgehead atoms. The lowest BCUT2D eigenvalue weighted by Gasteiger charge is -2.23. The van der Waals surface area contributed by atoms with E-state index in [1.54, 1.807) is 30.3 Å². The third-order valence-electron chi connectivity index (χ3n) is 4.89. The van der Waals surface area contributed by atoms with E-state index < -0.39 is 37.8 Å². The third kappa shape index (κ3) is 5.98. The second-order valence-corrected chi connectivity index (χ2v) is 9.29. The van der Waals surface area contributed by atoms with E-state index >= 15 is 0 Å². The number of rotatable bonds is 11. The van der Waals surface area contributed by atoms with Gasteiger partial charge in [-0.25, -0.2) is 9.55 Å². The van der Waals surface area contributed by atoms with Crippen molar-refractivity contribution in [2.75, 3.05) is 25.6 Å². The van der Waals surface area contributed by atoms with Gasteiger partial charge in [-0.2, -0.15) is 10.1 Å². The van der Waals surface area contributed by atoms with E-state index in [0.29, 0.717) is 0 Å². The molecular formula is C21H25N6O8P. The van der Waals surface area contributed by atoms with E-state index in [-0.39, 0.29) is 42.7 Å². The van der Waals surface area contributed by atoms with Gasteiger partial charge in [0.25, 0.3) is 5.56 Å². The van der Waals surface area contributed by atoms with E-state index in [9.17, 15) is 14.2 Å².